The Morgan fingerprint density at radius 2 is 1.59 bits per heavy atom. The molecule has 0 bridgehead atoms. The molecule has 0 atom stereocenters. The number of hydrogen-bond donors (Lipinski definition) is 0. The number of amides is 2. The van der Waals surface area contributed by atoms with Crippen LogP contribution in [-0.2, 0) is 14.3 Å². The molecule has 0 unspecified atom stereocenters. The first kappa shape index (κ1) is 19.2. The fourth-order valence-corrected chi connectivity index (χ4v) is 3.67. The van der Waals surface area contributed by atoms with Gasteiger partial charge in [-0.15, -0.1) is 0 Å². The molecular formula is C23H24N2O4. The predicted molar refractivity (Wildman–Crippen MR) is 111 cm³/mol. The maximum absolute atomic E-state index is 13.4. The van der Waals surface area contributed by atoms with Crippen molar-refractivity contribution in [2.24, 2.45) is 0 Å². The number of anilines is 1. The molecule has 0 aromatic heterocycles. The first-order chi connectivity index (χ1) is 14.1. The van der Waals surface area contributed by atoms with Gasteiger partial charge in [-0.05, 0) is 43.7 Å². The molecule has 1 saturated heterocycles. The van der Waals surface area contributed by atoms with E-state index < -0.39 is 0 Å². The Hall–Kier alpha value is -3.12. The van der Waals surface area contributed by atoms with E-state index in [0.29, 0.717) is 55.6 Å². The molecule has 0 N–H and O–H groups in total. The minimum atomic E-state index is -0.301. The van der Waals surface area contributed by atoms with E-state index in [1.54, 1.807) is 24.3 Å². The zero-order valence-corrected chi connectivity index (χ0v) is 16.7. The highest BCUT2D eigenvalue weighted by Gasteiger charge is 2.42. The summed E-state index contributed by atoms with van der Waals surface area (Å²) in [7, 11) is 0. The van der Waals surface area contributed by atoms with E-state index in [0.717, 1.165) is 11.1 Å². The van der Waals surface area contributed by atoms with E-state index in [2.05, 4.69) is 0 Å². The Balaban J connectivity index is 1.75. The predicted octanol–water partition coefficient (Wildman–Crippen LogP) is 3.01. The lowest BCUT2D eigenvalue weighted by Crippen LogP contribution is -2.40. The molecule has 1 fully saturated rings. The average molecular weight is 392 g/mol. The van der Waals surface area contributed by atoms with Gasteiger partial charge in [0, 0.05) is 13.1 Å². The molecule has 6 nitrogen and oxygen atoms in total. The Morgan fingerprint density at radius 3 is 2.21 bits per heavy atom. The number of carbonyl (C=O) groups excluding carboxylic acids is 2. The third kappa shape index (κ3) is 3.63. The van der Waals surface area contributed by atoms with E-state index in [9.17, 15) is 9.59 Å². The van der Waals surface area contributed by atoms with Crippen LogP contribution in [0.25, 0.3) is 5.57 Å². The largest absolute Gasteiger partial charge is 0.494 e. The van der Waals surface area contributed by atoms with E-state index in [-0.39, 0.29) is 11.8 Å². The number of benzene rings is 2. The van der Waals surface area contributed by atoms with Crippen molar-refractivity contribution in [1.29, 1.82) is 0 Å². The summed E-state index contributed by atoms with van der Waals surface area (Å²) < 4.78 is 10.9. The molecule has 4 rings (SSSR count). The van der Waals surface area contributed by atoms with Gasteiger partial charge in [0.15, 0.2) is 0 Å². The summed E-state index contributed by atoms with van der Waals surface area (Å²) in [6.07, 6.45) is 0. The fourth-order valence-electron chi connectivity index (χ4n) is 3.67. The molecule has 0 spiro atoms. The maximum Gasteiger partial charge on any atom is 0.282 e. The summed E-state index contributed by atoms with van der Waals surface area (Å²) in [6.45, 7) is 6.70. The van der Waals surface area contributed by atoms with Crippen LogP contribution < -0.4 is 9.64 Å². The first-order valence-corrected chi connectivity index (χ1v) is 9.86. The highest BCUT2D eigenvalue weighted by Crippen LogP contribution is 2.35. The molecule has 2 aromatic rings. The number of aryl methyl sites for hydroxylation is 1. The van der Waals surface area contributed by atoms with Crippen LogP contribution in [0.4, 0.5) is 5.69 Å². The third-order valence-electron chi connectivity index (χ3n) is 5.13. The van der Waals surface area contributed by atoms with Gasteiger partial charge in [0.05, 0.1) is 31.1 Å². The monoisotopic (exact) mass is 392 g/mol. The Bertz CT molecular complexity index is 942. The quantitative estimate of drug-likeness (QED) is 0.732. The number of ether oxygens (including phenoxy) is 2. The zero-order chi connectivity index (χ0) is 20.4. The van der Waals surface area contributed by atoms with Crippen LogP contribution in [0, 0.1) is 6.92 Å². The van der Waals surface area contributed by atoms with Gasteiger partial charge >= 0.3 is 0 Å². The molecule has 2 amide bonds. The van der Waals surface area contributed by atoms with Crippen LogP contribution in [0.2, 0.25) is 0 Å². The minimum Gasteiger partial charge on any atom is -0.494 e. The standard InChI is InChI=1S/C23H24N2O4/c1-3-29-19-10-8-18(9-11-19)25-22(26)20(17-6-4-16(2)5-7-17)21(23(25)27)24-12-14-28-15-13-24/h4-11H,3,12-15H2,1-2H3. The summed E-state index contributed by atoms with van der Waals surface area (Å²) in [5, 5.41) is 0. The van der Waals surface area contributed by atoms with Gasteiger partial charge in [-0.1, -0.05) is 29.8 Å². The lowest BCUT2D eigenvalue weighted by molar-refractivity contribution is -0.121. The molecule has 0 aliphatic carbocycles. The summed E-state index contributed by atoms with van der Waals surface area (Å²) in [4.78, 5) is 30.1. The van der Waals surface area contributed by atoms with E-state index >= 15 is 0 Å². The van der Waals surface area contributed by atoms with Crippen LogP contribution in [0.15, 0.2) is 54.2 Å². The SMILES string of the molecule is CCOc1ccc(N2C(=O)C(c3ccc(C)cc3)=C(N3CCOCC3)C2=O)cc1. The number of morpholine rings is 1. The molecule has 2 aromatic carbocycles. The molecule has 150 valence electrons. The van der Waals surface area contributed by atoms with Crippen molar-refractivity contribution >= 4 is 23.1 Å². The lowest BCUT2D eigenvalue weighted by Gasteiger charge is -2.29. The number of hydrogen-bond acceptors (Lipinski definition) is 5. The highest BCUT2D eigenvalue weighted by molar-refractivity contribution is 6.45. The second-order valence-corrected chi connectivity index (χ2v) is 7.06. The van der Waals surface area contributed by atoms with Crippen LogP contribution in [0.1, 0.15) is 18.1 Å². The molecule has 6 heteroatoms. The molecular weight excluding hydrogens is 368 g/mol. The number of carbonyl (C=O) groups is 2. The van der Waals surface area contributed by atoms with Crippen molar-refractivity contribution in [3.05, 3.63) is 65.4 Å². The lowest BCUT2D eigenvalue weighted by atomic mass is 10.0. The molecule has 29 heavy (non-hydrogen) atoms. The van der Waals surface area contributed by atoms with Crippen LogP contribution >= 0.6 is 0 Å². The highest BCUT2D eigenvalue weighted by atomic mass is 16.5. The van der Waals surface area contributed by atoms with Crippen LogP contribution in [0.3, 0.4) is 0 Å². The molecule has 2 heterocycles. The Morgan fingerprint density at radius 1 is 0.931 bits per heavy atom. The van der Waals surface area contributed by atoms with Gasteiger partial charge in [0.1, 0.15) is 11.4 Å². The van der Waals surface area contributed by atoms with Crippen molar-refractivity contribution in [2.75, 3.05) is 37.8 Å². The minimum absolute atomic E-state index is 0.295. The summed E-state index contributed by atoms with van der Waals surface area (Å²) in [5.41, 5.74) is 3.30. The van der Waals surface area contributed by atoms with Gasteiger partial charge in [-0.2, -0.15) is 0 Å². The van der Waals surface area contributed by atoms with Crippen LogP contribution in [0.5, 0.6) is 5.75 Å². The van der Waals surface area contributed by atoms with Crippen LogP contribution in [-0.4, -0.2) is 49.6 Å². The Labute approximate surface area is 170 Å². The maximum atomic E-state index is 13.4. The third-order valence-corrected chi connectivity index (χ3v) is 5.13. The normalized spacial score (nSPS) is 17.3. The Kier molecular flexibility index (Phi) is 5.36. The molecule has 0 saturated carbocycles. The van der Waals surface area contributed by atoms with Crippen molar-refractivity contribution < 1.29 is 19.1 Å². The van der Waals surface area contributed by atoms with E-state index in [1.165, 1.54) is 4.90 Å². The second-order valence-electron chi connectivity index (χ2n) is 7.06. The van der Waals surface area contributed by atoms with Gasteiger partial charge in [-0.25, -0.2) is 4.90 Å². The van der Waals surface area contributed by atoms with Gasteiger partial charge < -0.3 is 14.4 Å². The van der Waals surface area contributed by atoms with Crippen molar-refractivity contribution in [2.45, 2.75) is 13.8 Å². The van der Waals surface area contributed by atoms with Gasteiger partial charge in [0.25, 0.3) is 11.8 Å². The number of imide groups is 1. The van der Waals surface area contributed by atoms with Crippen molar-refractivity contribution in [1.82, 2.24) is 4.90 Å². The van der Waals surface area contributed by atoms with Crippen molar-refractivity contribution in [3.8, 4) is 5.75 Å². The molecule has 2 aliphatic heterocycles. The topological polar surface area (TPSA) is 59.1 Å². The van der Waals surface area contributed by atoms with E-state index in [4.69, 9.17) is 9.47 Å². The second kappa shape index (κ2) is 8.09. The number of rotatable bonds is 5. The zero-order valence-electron chi connectivity index (χ0n) is 16.7. The average Bonchev–Trinajstić information content (AvgIpc) is 3.00. The fraction of sp³-hybridized carbons (Fsp3) is 0.304. The van der Waals surface area contributed by atoms with Gasteiger partial charge in [0.2, 0.25) is 0 Å². The molecule has 0 radical (unpaired) electrons. The van der Waals surface area contributed by atoms with Gasteiger partial charge in [-0.3, -0.25) is 9.59 Å². The number of nitrogens with zero attached hydrogens (tertiary/aromatic N) is 2. The molecule has 2 aliphatic rings. The smallest absolute Gasteiger partial charge is 0.282 e. The first-order valence-electron chi connectivity index (χ1n) is 9.86. The van der Waals surface area contributed by atoms with Crippen molar-refractivity contribution in [3.63, 3.8) is 0 Å². The summed E-state index contributed by atoms with van der Waals surface area (Å²) >= 11 is 0. The summed E-state index contributed by atoms with van der Waals surface area (Å²) in [5.74, 6) is 0.108. The van der Waals surface area contributed by atoms with E-state index in [1.807, 2.05) is 43.0 Å². The summed E-state index contributed by atoms with van der Waals surface area (Å²) in [6, 6.07) is 14.8.